The zero-order valence-corrected chi connectivity index (χ0v) is 19.5. The van der Waals surface area contributed by atoms with Crippen molar-refractivity contribution < 1.29 is 9.18 Å². The monoisotopic (exact) mass is 498 g/mol. The van der Waals surface area contributed by atoms with Crippen LogP contribution in [0.25, 0.3) is 15.5 Å². The zero-order valence-electron chi connectivity index (χ0n) is 17.9. The summed E-state index contributed by atoms with van der Waals surface area (Å²) in [5.41, 5.74) is 1.30. The van der Waals surface area contributed by atoms with E-state index in [4.69, 9.17) is 11.6 Å². The molecule has 4 aromatic rings. The molecule has 2 aromatic carbocycles. The number of aromatic nitrogens is 3. The molecule has 5 rings (SSSR count). The molecule has 0 radical (unpaired) electrons. The van der Waals surface area contributed by atoms with E-state index in [2.05, 4.69) is 20.3 Å². The molecule has 1 N–H and O–H groups in total. The highest BCUT2D eigenvalue weighted by Crippen LogP contribution is 2.26. The van der Waals surface area contributed by atoms with Gasteiger partial charge in [-0.1, -0.05) is 41.1 Å². The minimum absolute atomic E-state index is 0.176. The number of urea groups is 1. The Morgan fingerprint density at radius 2 is 1.88 bits per heavy atom. The summed E-state index contributed by atoms with van der Waals surface area (Å²) in [6.45, 7) is 2.86. The maximum absolute atomic E-state index is 14.1. The van der Waals surface area contributed by atoms with E-state index < -0.39 is 5.82 Å². The maximum atomic E-state index is 14.1. The Morgan fingerprint density at radius 3 is 2.65 bits per heavy atom. The van der Waals surface area contributed by atoms with Gasteiger partial charge >= 0.3 is 6.03 Å². The van der Waals surface area contributed by atoms with Crippen LogP contribution in [0.1, 0.15) is 5.69 Å². The van der Waals surface area contributed by atoms with Crippen molar-refractivity contribution in [3.63, 3.8) is 0 Å². The number of hydrogen-bond acceptors (Lipinski definition) is 6. The number of halogens is 2. The number of nitrogens with one attached hydrogen (secondary N) is 1. The number of fused-ring (bicyclic) bond motifs is 1. The summed E-state index contributed by atoms with van der Waals surface area (Å²) in [7, 11) is 0. The average molecular weight is 499 g/mol. The Morgan fingerprint density at radius 1 is 1.09 bits per heavy atom. The molecule has 174 valence electrons. The predicted octanol–water partition coefficient (Wildman–Crippen LogP) is 3.96. The molecule has 0 bridgehead atoms. The third kappa shape index (κ3) is 4.79. The van der Waals surface area contributed by atoms with Crippen molar-refractivity contribution in [3.05, 3.63) is 81.5 Å². The highest BCUT2D eigenvalue weighted by Gasteiger charge is 2.22. The van der Waals surface area contributed by atoms with Crippen LogP contribution in [0.15, 0.2) is 59.4 Å². The normalized spacial score (nSPS) is 14.5. The fraction of sp³-hybridized carbons (Fsp3) is 0.217. The van der Waals surface area contributed by atoms with E-state index >= 15 is 0 Å². The molecule has 11 heteroatoms. The molecule has 0 spiro atoms. The second-order valence-electron chi connectivity index (χ2n) is 7.87. The van der Waals surface area contributed by atoms with Crippen molar-refractivity contribution >= 4 is 39.6 Å². The Labute approximate surface area is 203 Å². The first kappa shape index (κ1) is 22.5. The Bertz CT molecular complexity index is 1420. The van der Waals surface area contributed by atoms with Crippen molar-refractivity contribution in [2.75, 3.05) is 31.5 Å². The lowest BCUT2D eigenvalue weighted by Gasteiger charge is -2.34. The summed E-state index contributed by atoms with van der Waals surface area (Å²) in [5, 5.41) is 8.07. The molecule has 2 amide bonds. The van der Waals surface area contributed by atoms with Gasteiger partial charge in [-0.15, -0.1) is 0 Å². The van der Waals surface area contributed by atoms with Crippen LogP contribution in [0.4, 0.5) is 14.9 Å². The molecular formula is C23H20ClFN6O2S. The molecule has 1 aliphatic heterocycles. The van der Waals surface area contributed by atoms with Gasteiger partial charge in [-0.2, -0.15) is 9.61 Å². The standard InChI is InChI=1S/C23H20ClFN6O2S/c24-15-4-3-5-16(12-15)26-22(33)30-10-8-29(9-11-30)14-17-13-20(32)31-23(27-17)34-21(28-31)18-6-1-2-7-19(18)25/h1-7,12-13H,8-11,14H2,(H,26,33). The Kier molecular flexibility index (Phi) is 6.27. The minimum Gasteiger partial charge on any atom is -0.322 e. The van der Waals surface area contributed by atoms with Crippen molar-refractivity contribution in [2.45, 2.75) is 6.54 Å². The van der Waals surface area contributed by atoms with Crippen LogP contribution < -0.4 is 10.9 Å². The van der Waals surface area contributed by atoms with Crippen molar-refractivity contribution in [3.8, 4) is 10.6 Å². The summed E-state index contributed by atoms with van der Waals surface area (Å²) in [4.78, 5) is 34.0. The van der Waals surface area contributed by atoms with Gasteiger partial charge in [-0.25, -0.2) is 14.2 Å². The number of piperazine rings is 1. The molecule has 34 heavy (non-hydrogen) atoms. The van der Waals surface area contributed by atoms with Gasteiger partial charge in [0, 0.05) is 55.1 Å². The van der Waals surface area contributed by atoms with Crippen molar-refractivity contribution in [2.24, 2.45) is 0 Å². The first-order valence-corrected chi connectivity index (χ1v) is 11.8. The van der Waals surface area contributed by atoms with E-state index in [0.29, 0.717) is 64.7 Å². The molecule has 0 atom stereocenters. The van der Waals surface area contributed by atoms with E-state index in [1.807, 2.05) is 0 Å². The maximum Gasteiger partial charge on any atom is 0.321 e. The number of anilines is 1. The highest BCUT2D eigenvalue weighted by atomic mass is 35.5. The van der Waals surface area contributed by atoms with Crippen LogP contribution in [0.2, 0.25) is 5.02 Å². The molecule has 8 nitrogen and oxygen atoms in total. The van der Waals surface area contributed by atoms with Crippen LogP contribution in [-0.2, 0) is 6.54 Å². The van der Waals surface area contributed by atoms with Gasteiger partial charge in [0.05, 0.1) is 5.69 Å². The number of nitrogens with zero attached hydrogens (tertiary/aromatic N) is 5. The number of carbonyl (C=O) groups excluding carboxylic acids is 1. The van der Waals surface area contributed by atoms with Crippen molar-refractivity contribution in [1.82, 2.24) is 24.4 Å². The minimum atomic E-state index is -0.396. The number of hydrogen-bond donors (Lipinski definition) is 1. The average Bonchev–Trinajstić information content (AvgIpc) is 3.24. The van der Waals surface area contributed by atoms with Crippen LogP contribution in [0.5, 0.6) is 0 Å². The molecule has 1 fully saturated rings. The third-order valence-electron chi connectivity index (χ3n) is 5.52. The van der Waals surface area contributed by atoms with E-state index in [-0.39, 0.29) is 11.6 Å². The molecule has 3 heterocycles. The van der Waals surface area contributed by atoms with Gasteiger partial charge in [-0.05, 0) is 30.3 Å². The van der Waals surface area contributed by atoms with E-state index in [0.717, 1.165) is 0 Å². The SMILES string of the molecule is O=C(Nc1cccc(Cl)c1)N1CCN(Cc2cc(=O)n3nc(-c4ccccc4F)sc3n2)CC1. The van der Waals surface area contributed by atoms with Crippen LogP contribution in [0.3, 0.4) is 0 Å². The smallest absolute Gasteiger partial charge is 0.321 e. The lowest BCUT2D eigenvalue weighted by molar-refractivity contribution is 0.142. The largest absolute Gasteiger partial charge is 0.322 e. The van der Waals surface area contributed by atoms with Gasteiger partial charge in [0.1, 0.15) is 5.82 Å². The van der Waals surface area contributed by atoms with Gasteiger partial charge in [0.2, 0.25) is 4.96 Å². The topological polar surface area (TPSA) is 82.8 Å². The molecule has 0 saturated carbocycles. The third-order valence-corrected chi connectivity index (χ3v) is 6.70. The molecular weight excluding hydrogens is 479 g/mol. The second kappa shape index (κ2) is 9.49. The van der Waals surface area contributed by atoms with Crippen LogP contribution in [-0.4, -0.2) is 56.6 Å². The predicted molar refractivity (Wildman–Crippen MR) is 130 cm³/mol. The number of carbonyl (C=O) groups is 1. The molecule has 2 aromatic heterocycles. The highest BCUT2D eigenvalue weighted by molar-refractivity contribution is 7.19. The summed E-state index contributed by atoms with van der Waals surface area (Å²) >= 11 is 7.15. The fourth-order valence-electron chi connectivity index (χ4n) is 3.79. The van der Waals surface area contributed by atoms with Crippen LogP contribution >= 0.6 is 22.9 Å². The molecule has 1 aliphatic rings. The van der Waals surface area contributed by atoms with Gasteiger partial charge in [0.15, 0.2) is 5.01 Å². The zero-order chi connectivity index (χ0) is 23.7. The summed E-state index contributed by atoms with van der Waals surface area (Å²) in [6.07, 6.45) is 0. The molecule has 0 aliphatic carbocycles. The lowest BCUT2D eigenvalue weighted by atomic mass is 10.2. The second-order valence-corrected chi connectivity index (χ2v) is 9.26. The number of benzene rings is 2. The molecule has 1 saturated heterocycles. The van der Waals surface area contributed by atoms with Crippen LogP contribution in [0, 0.1) is 5.82 Å². The quantitative estimate of drug-likeness (QED) is 0.460. The van der Waals surface area contributed by atoms with Gasteiger partial charge in [0.25, 0.3) is 5.56 Å². The first-order chi connectivity index (χ1) is 16.5. The summed E-state index contributed by atoms with van der Waals surface area (Å²) in [6, 6.07) is 14.6. The summed E-state index contributed by atoms with van der Waals surface area (Å²) < 4.78 is 15.3. The number of amides is 2. The summed E-state index contributed by atoms with van der Waals surface area (Å²) in [5.74, 6) is -0.396. The fourth-order valence-corrected chi connectivity index (χ4v) is 4.93. The van der Waals surface area contributed by atoms with Gasteiger partial charge in [-0.3, -0.25) is 9.69 Å². The number of rotatable bonds is 4. The Balaban J connectivity index is 1.24. The lowest BCUT2D eigenvalue weighted by Crippen LogP contribution is -2.49. The van der Waals surface area contributed by atoms with E-state index in [9.17, 15) is 14.0 Å². The van der Waals surface area contributed by atoms with E-state index in [1.54, 1.807) is 47.4 Å². The molecule has 0 unspecified atom stereocenters. The van der Waals surface area contributed by atoms with Gasteiger partial charge < -0.3 is 10.2 Å². The van der Waals surface area contributed by atoms with Crippen molar-refractivity contribution in [1.29, 1.82) is 0 Å². The first-order valence-electron chi connectivity index (χ1n) is 10.6. The van der Waals surface area contributed by atoms with E-state index in [1.165, 1.54) is 28.0 Å². The Hall–Kier alpha value is -3.34.